The fourth-order valence-electron chi connectivity index (χ4n) is 1.57. The fourth-order valence-corrected chi connectivity index (χ4v) is 1.57. The van der Waals surface area contributed by atoms with Gasteiger partial charge in [-0.3, -0.25) is 9.48 Å². The van der Waals surface area contributed by atoms with Crippen LogP contribution in [-0.4, -0.2) is 19.3 Å². The summed E-state index contributed by atoms with van der Waals surface area (Å²) in [5.74, 6) is 0.371. The molecule has 0 saturated heterocycles. The monoisotopic (exact) mass is 233 g/mol. The molecule has 0 aliphatic heterocycles. The lowest BCUT2D eigenvalue weighted by molar-refractivity contribution is 0.707. The van der Waals surface area contributed by atoms with E-state index in [4.69, 9.17) is 0 Å². The van der Waals surface area contributed by atoms with E-state index in [1.54, 1.807) is 27.8 Å². The molecule has 6 heteroatoms. The van der Waals surface area contributed by atoms with E-state index >= 15 is 0 Å². The van der Waals surface area contributed by atoms with E-state index in [-0.39, 0.29) is 5.56 Å². The molecule has 2 heterocycles. The van der Waals surface area contributed by atoms with Crippen LogP contribution >= 0.6 is 0 Å². The maximum Gasteiger partial charge on any atom is 0.293 e. The molecule has 1 N–H and O–H groups in total. The van der Waals surface area contributed by atoms with Gasteiger partial charge in [0.25, 0.3) is 5.56 Å². The van der Waals surface area contributed by atoms with Crippen molar-refractivity contribution in [1.82, 2.24) is 19.3 Å². The smallest absolute Gasteiger partial charge is 0.293 e. The molecule has 0 unspecified atom stereocenters. The predicted octanol–water partition coefficient (Wildman–Crippen LogP) is 0.609. The highest BCUT2D eigenvalue weighted by atomic mass is 16.1. The van der Waals surface area contributed by atoms with Gasteiger partial charge >= 0.3 is 0 Å². The fraction of sp³-hybridized carbons (Fsp3) is 0.364. The Balaban J connectivity index is 2.15. The second-order valence-electron chi connectivity index (χ2n) is 3.67. The van der Waals surface area contributed by atoms with E-state index in [0.717, 1.165) is 5.69 Å². The first-order valence-electron chi connectivity index (χ1n) is 5.48. The summed E-state index contributed by atoms with van der Waals surface area (Å²) in [5, 5.41) is 7.08. The third-order valence-corrected chi connectivity index (χ3v) is 2.61. The lowest BCUT2D eigenvalue weighted by atomic mass is 10.4. The van der Waals surface area contributed by atoms with E-state index in [2.05, 4.69) is 15.4 Å². The van der Waals surface area contributed by atoms with Gasteiger partial charge < -0.3 is 9.88 Å². The zero-order valence-corrected chi connectivity index (χ0v) is 9.92. The number of rotatable bonds is 4. The molecular weight excluding hydrogens is 218 g/mol. The second-order valence-corrected chi connectivity index (χ2v) is 3.67. The Morgan fingerprint density at radius 3 is 2.88 bits per heavy atom. The Kier molecular flexibility index (Phi) is 3.22. The molecule has 2 rings (SSSR count). The number of nitrogens with zero attached hydrogens (tertiary/aromatic N) is 4. The molecule has 2 aromatic heterocycles. The highest BCUT2D eigenvalue weighted by molar-refractivity contribution is 5.31. The van der Waals surface area contributed by atoms with Crippen LogP contribution in [-0.2, 0) is 20.1 Å². The minimum atomic E-state index is -0.0998. The summed E-state index contributed by atoms with van der Waals surface area (Å²) in [4.78, 5) is 15.9. The van der Waals surface area contributed by atoms with Crippen LogP contribution in [0, 0.1) is 0 Å². The molecule has 17 heavy (non-hydrogen) atoms. The number of hydrogen-bond acceptors (Lipinski definition) is 4. The molecule has 90 valence electrons. The number of aromatic nitrogens is 4. The molecular formula is C11H15N5O. The first-order chi connectivity index (χ1) is 8.22. The number of hydrogen-bond donors (Lipinski definition) is 1. The molecule has 0 aliphatic rings. The first kappa shape index (κ1) is 11.4. The highest BCUT2D eigenvalue weighted by Crippen LogP contribution is 2.00. The van der Waals surface area contributed by atoms with Crippen LogP contribution < -0.4 is 10.9 Å². The van der Waals surface area contributed by atoms with Crippen molar-refractivity contribution in [2.75, 3.05) is 5.32 Å². The van der Waals surface area contributed by atoms with Gasteiger partial charge in [0.15, 0.2) is 5.82 Å². The third-order valence-electron chi connectivity index (χ3n) is 2.61. The van der Waals surface area contributed by atoms with Gasteiger partial charge in [0.1, 0.15) is 0 Å². The van der Waals surface area contributed by atoms with E-state index in [1.165, 1.54) is 0 Å². The molecule has 0 bridgehead atoms. The van der Waals surface area contributed by atoms with Gasteiger partial charge in [0, 0.05) is 32.2 Å². The van der Waals surface area contributed by atoms with E-state index < -0.39 is 0 Å². The topological polar surface area (TPSA) is 64.7 Å². The number of aryl methyl sites for hydroxylation is 2. The Morgan fingerprint density at radius 2 is 2.24 bits per heavy atom. The normalized spacial score (nSPS) is 10.5. The quantitative estimate of drug-likeness (QED) is 0.840. The molecule has 0 atom stereocenters. The van der Waals surface area contributed by atoms with Crippen molar-refractivity contribution in [3.05, 3.63) is 40.7 Å². The van der Waals surface area contributed by atoms with Crippen molar-refractivity contribution in [2.45, 2.75) is 20.0 Å². The Bertz CT molecular complexity index is 557. The number of anilines is 1. The standard InChI is InChI=1S/C11H15N5O/c1-3-16-7-6-12-10(11(16)17)13-8-9-4-5-14-15(9)2/h4-7H,3,8H2,1-2H3,(H,12,13). The van der Waals surface area contributed by atoms with Gasteiger partial charge in [0.2, 0.25) is 0 Å². The molecule has 0 fully saturated rings. The minimum absolute atomic E-state index is 0.0998. The summed E-state index contributed by atoms with van der Waals surface area (Å²) in [6.07, 6.45) is 5.02. The largest absolute Gasteiger partial charge is 0.360 e. The van der Waals surface area contributed by atoms with Crippen molar-refractivity contribution in [3.8, 4) is 0 Å². The average Bonchev–Trinajstić information content (AvgIpc) is 2.74. The molecule has 0 spiro atoms. The van der Waals surface area contributed by atoms with Gasteiger partial charge in [-0.2, -0.15) is 5.10 Å². The Morgan fingerprint density at radius 1 is 1.41 bits per heavy atom. The van der Waals surface area contributed by atoms with E-state index in [1.807, 2.05) is 20.0 Å². The minimum Gasteiger partial charge on any atom is -0.360 e. The maximum atomic E-state index is 11.9. The lowest BCUT2D eigenvalue weighted by Gasteiger charge is -2.07. The van der Waals surface area contributed by atoms with Crippen LogP contribution in [0.2, 0.25) is 0 Å². The molecule has 2 aromatic rings. The van der Waals surface area contributed by atoms with Gasteiger partial charge in [-0.05, 0) is 13.0 Å². The SMILES string of the molecule is CCn1ccnc(NCc2ccnn2C)c1=O. The lowest BCUT2D eigenvalue weighted by Crippen LogP contribution is -2.23. The molecule has 0 saturated carbocycles. The summed E-state index contributed by atoms with van der Waals surface area (Å²) < 4.78 is 3.37. The summed E-state index contributed by atoms with van der Waals surface area (Å²) >= 11 is 0. The van der Waals surface area contributed by atoms with Crippen LogP contribution in [0.25, 0.3) is 0 Å². The van der Waals surface area contributed by atoms with Crippen LogP contribution in [0.15, 0.2) is 29.5 Å². The average molecular weight is 233 g/mol. The summed E-state index contributed by atoms with van der Waals surface area (Å²) in [6.45, 7) is 3.10. The second kappa shape index (κ2) is 4.82. The maximum absolute atomic E-state index is 11.9. The summed E-state index contributed by atoms with van der Waals surface area (Å²) in [5.41, 5.74) is 0.898. The van der Waals surface area contributed by atoms with Crippen LogP contribution in [0.5, 0.6) is 0 Å². The van der Waals surface area contributed by atoms with Crippen molar-refractivity contribution in [2.24, 2.45) is 7.05 Å². The molecule has 0 aromatic carbocycles. The van der Waals surface area contributed by atoms with Gasteiger partial charge in [-0.25, -0.2) is 4.98 Å². The molecule has 0 aliphatic carbocycles. The van der Waals surface area contributed by atoms with Crippen molar-refractivity contribution in [1.29, 1.82) is 0 Å². The van der Waals surface area contributed by atoms with Crippen LogP contribution in [0.3, 0.4) is 0 Å². The van der Waals surface area contributed by atoms with Gasteiger partial charge in [-0.1, -0.05) is 0 Å². The van der Waals surface area contributed by atoms with E-state index in [9.17, 15) is 4.79 Å². The van der Waals surface area contributed by atoms with E-state index in [0.29, 0.717) is 18.9 Å². The van der Waals surface area contributed by atoms with Gasteiger partial charge in [0.05, 0.1) is 12.2 Å². The zero-order chi connectivity index (χ0) is 12.3. The molecule has 6 nitrogen and oxygen atoms in total. The van der Waals surface area contributed by atoms with Crippen molar-refractivity contribution < 1.29 is 0 Å². The van der Waals surface area contributed by atoms with Gasteiger partial charge in [-0.15, -0.1) is 0 Å². The summed E-state index contributed by atoms with van der Waals surface area (Å²) in [7, 11) is 1.86. The van der Waals surface area contributed by atoms with Crippen LogP contribution in [0.1, 0.15) is 12.6 Å². The zero-order valence-electron chi connectivity index (χ0n) is 9.92. The number of nitrogens with one attached hydrogen (secondary N) is 1. The predicted molar refractivity (Wildman–Crippen MR) is 64.7 cm³/mol. The molecule has 0 radical (unpaired) electrons. The van der Waals surface area contributed by atoms with Crippen molar-refractivity contribution >= 4 is 5.82 Å². The Labute approximate surface area is 98.9 Å². The molecule has 0 amide bonds. The first-order valence-corrected chi connectivity index (χ1v) is 5.48. The van der Waals surface area contributed by atoms with Crippen molar-refractivity contribution in [3.63, 3.8) is 0 Å². The third kappa shape index (κ3) is 2.35. The summed E-state index contributed by atoms with van der Waals surface area (Å²) in [6, 6.07) is 1.90. The highest BCUT2D eigenvalue weighted by Gasteiger charge is 2.04. The van der Waals surface area contributed by atoms with Crippen LogP contribution in [0.4, 0.5) is 5.82 Å². The Hall–Kier alpha value is -2.11.